The van der Waals surface area contributed by atoms with E-state index in [4.69, 9.17) is 5.11 Å². The molecule has 0 saturated heterocycles. The largest absolute Gasteiger partial charge is 0.481 e. The third-order valence-corrected chi connectivity index (χ3v) is 3.64. The lowest BCUT2D eigenvalue weighted by Gasteiger charge is -2.04. The number of unbranched alkanes of at least 4 members (excludes halogenated alkanes) is 2. The van der Waals surface area contributed by atoms with Crippen molar-refractivity contribution in [1.29, 1.82) is 0 Å². The Balaban J connectivity index is 2.38. The van der Waals surface area contributed by atoms with Crippen molar-refractivity contribution >= 4 is 17.3 Å². The van der Waals surface area contributed by atoms with E-state index in [0.717, 1.165) is 23.4 Å². The topological polar surface area (TPSA) is 59.3 Å². The lowest BCUT2D eigenvalue weighted by molar-refractivity contribution is -0.137. The molecule has 5 heteroatoms. The highest BCUT2D eigenvalue weighted by Gasteiger charge is 2.06. The Morgan fingerprint density at radius 3 is 2.50 bits per heavy atom. The number of carboxylic acids is 1. The summed E-state index contributed by atoms with van der Waals surface area (Å²) >= 11 is 1.28. The zero-order valence-electron chi connectivity index (χ0n) is 9.65. The molecule has 0 aliphatic heterocycles. The van der Waals surface area contributed by atoms with Crippen LogP contribution in [0.1, 0.15) is 36.3 Å². The molecule has 4 nitrogen and oxygen atoms in total. The molecule has 0 radical (unpaired) electrons. The van der Waals surface area contributed by atoms with Gasteiger partial charge in [0.1, 0.15) is 0 Å². The molecular weight excluding hydrogens is 226 g/mol. The minimum atomic E-state index is -0.750. The molecule has 16 heavy (non-hydrogen) atoms. The number of aryl methyl sites for hydroxylation is 1. The number of nitrogens with zero attached hydrogens (tertiary/aromatic N) is 1. The minimum absolute atomic E-state index is 0.0910. The smallest absolute Gasteiger partial charge is 0.307 e. The van der Waals surface area contributed by atoms with E-state index in [9.17, 15) is 9.59 Å². The van der Waals surface area contributed by atoms with Crippen molar-refractivity contribution in [3.05, 3.63) is 20.2 Å². The molecule has 0 atom stereocenters. The van der Waals surface area contributed by atoms with Gasteiger partial charge in [0.25, 0.3) is 0 Å². The number of carbonyl (C=O) groups is 1. The molecule has 0 fully saturated rings. The summed E-state index contributed by atoms with van der Waals surface area (Å²) in [5.74, 6) is -0.750. The van der Waals surface area contributed by atoms with E-state index in [0.29, 0.717) is 13.0 Å². The Kier molecular flexibility index (Phi) is 4.73. The summed E-state index contributed by atoms with van der Waals surface area (Å²) in [5, 5.41) is 8.47. The molecule has 0 bridgehead atoms. The molecule has 0 aliphatic rings. The summed E-state index contributed by atoms with van der Waals surface area (Å²) in [6.45, 7) is 4.60. The molecule has 1 heterocycles. The molecule has 1 rings (SSSR count). The predicted octanol–water partition coefficient (Wildman–Crippen LogP) is 2.17. The highest BCUT2D eigenvalue weighted by molar-refractivity contribution is 7.09. The fourth-order valence-corrected chi connectivity index (χ4v) is 2.43. The number of thiazole rings is 1. The van der Waals surface area contributed by atoms with Gasteiger partial charge in [0.2, 0.25) is 0 Å². The first-order valence-corrected chi connectivity index (χ1v) is 6.22. The van der Waals surface area contributed by atoms with Gasteiger partial charge in [0.15, 0.2) is 0 Å². The average molecular weight is 243 g/mol. The second-order valence-electron chi connectivity index (χ2n) is 3.87. The molecule has 0 unspecified atom stereocenters. The van der Waals surface area contributed by atoms with Crippen LogP contribution in [0.4, 0.5) is 0 Å². The Hall–Kier alpha value is -1.10. The predicted molar refractivity (Wildman–Crippen MR) is 64.2 cm³/mol. The third-order valence-electron chi connectivity index (χ3n) is 2.65. The van der Waals surface area contributed by atoms with Crippen molar-refractivity contribution in [1.82, 2.24) is 4.57 Å². The number of hydrogen-bond donors (Lipinski definition) is 1. The number of aliphatic carboxylic acids is 1. The second kappa shape index (κ2) is 5.84. The van der Waals surface area contributed by atoms with Crippen LogP contribution in [0.25, 0.3) is 0 Å². The van der Waals surface area contributed by atoms with Crippen LogP contribution in [-0.2, 0) is 11.3 Å². The SMILES string of the molecule is Cc1sc(=O)n(CCCCCC(=O)O)c1C. The van der Waals surface area contributed by atoms with Crippen molar-refractivity contribution in [3.63, 3.8) is 0 Å². The third kappa shape index (κ3) is 3.48. The van der Waals surface area contributed by atoms with Crippen LogP contribution in [0.5, 0.6) is 0 Å². The molecule has 1 aromatic rings. The van der Waals surface area contributed by atoms with E-state index < -0.39 is 5.97 Å². The van der Waals surface area contributed by atoms with Gasteiger partial charge in [-0.25, -0.2) is 0 Å². The van der Waals surface area contributed by atoms with E-state index in [1.54, 1.807) is 4.57 Å². The second-order valence-corrected chi connectivity index (χ2v) is 5.03. The van der Waals surface area contributed by atoms with Crippen LogP contribution in [0.15, 0.2) is 4.79 Å². The molecule has 1 aromatic heterocycles. The van der Waals surface area contributed by atoms with Gasteiger partial charge >= 0.3 is 10.8 Å². The van der Waals surface area contributed by atoms with Crippen LogP contribution < -0.4 is 4.87 Å². The monoisotopic (exact) mass is 243 g/mol. The normalized spacial score (nSPS) is 10.6. The van der Waals surface area contributed by atoms with Crippen LogP contribution in [0, 0.1) is 13.8 Å². The lowest BCUT2D eigenvalue weighted by atomic mass is 10.2. The summed E-state index contributed by atoms with van der Waals surface area (Å²) in [6, 6.07) is 0. The summed E-state index contributed by atoms with van der Waals surface area (Å²) < 4.78 is 1.78. The van der Waals surface area contributed by atoms with Gasteiger partial charge in [-0.3, -0.25) is 9.59 Å². The number of hydrogen-bond acceptors (Lipinski definition) is 3. The molecule has 0 amide bonds. The standard InChI is InChI=1S/C11H17NO3S/c1-8-9(2)16-11(15)12(8)7-5-3-4-6-10(13)14/h3-7H2,1-2H3,(H,13,14). The maximum Gasteiger partial charge on any atom is 0.307 e. The average Bonchev–Trinajstić information content (AvgIpc) is 2.43. The van der Waals surface area contributed by atoms with Crippen LogP contribution in [-0.4, -0.2) is 15.6 Å². The van der Waals surface area contributed by atoms with Crippen LogP contribution >= 0.6 is 11.3 Å². The quantitative estimate of drug-likeness (QED) is 0.779. The van der Waals surface area contributed by atoms with Gasteiger partial charge in [0, 0.05) is 23.5 Å². The van der Waals surface area contributed by atoms with Gasteiger partial charge in [-0.05, 0) is 26.7 Å². The summed E-state index contributed by atoms with van der Waals surface area (Å²) in [4.78, 5) is 23.0. The van der Waals surface area contributed by atoms with E-state index in [1.165, 1.54) is 11.3 Å². The molecule has 90 valence electrons. The molecule has 1 N–H and O–H groups in total. The molecule has 0 aromatic carbocycles. The van der Waals surface area contributed by atoms with Gasteiger partial charge in [0.05, 0.1) is 0 Å². The molecule has 0 spiro atoms. The van der Waals surface area contributed by atoms with Gasteiger partial charge < -0.3 is 9.67 Å². The molecule has 0 saturated carbocycles. The van der Waals surface area contributed by atoms with E-state index >= 15 is 0 Å². The number of aromatic nitrogens is 1. The fraction of sp³-hybridized carbons (Fsp3) is 0.636. The van der Waals surface area contributed by atoms with Gasteiger partial charge in [-0.1, -0.05) is 17.8 Å². The van der Waals surface area contributed by atoms with E-state index in [2.05, 4.69) is 0 Å². The Morgan fingerprint density at radius 2 is 2.00 bits per heavy atom. The first kappa shape index (κ1) is 13.0. The highest BCUT2D eigenvalue weighted by Crippen LogP contribution is 2.11. The molecular formula is C11H17NO3S. The fourth-order valence-electron chi connectivity index (χ4n) is 1.57. The van der Waals surface area contributed by atoms with E-state index in [-0.39, 0.29) is 11.3 Å². The van der Waals surface area contributed by atoms with Crippen molar-refractivity contribution < 1.29 is 9.90 Å². The zero-order valence-corrected chi connectivity index (χ0v) is 10.5. The summed E-state index contributed by atoms with van der Waals surface area (Å²) in [6.07, 6.45) is 2.63. The van der Waals surface area contributed by atoms with Gasteiger partial charge in [-0.15, -0.1) is 0 Å². The van der Waals surface area contributed by atoms with Crippen molar-refractivity contribution in [3.8, 4) is 0 Å². The Labute approximate surface area is 98.5 Å². The van der Waals surface area contributed by atoms with Crippen molar-refractivity contribution in [2.24, 2.45) is 0 Å². The van der Waals surface area contributed by atoms with Crippen molar-refractivity contribution in [2.45, 2.75) is 46.1 Å². The first-order chi connectivity index (χ1) is 7.52. The highest BCUT2D eigenvalue weighted by atomic mass is 32.1. The minimum Gasteiger partial charge on any atom is -0.481 e. The maximum atomic E-state index is 11.5. The van der Waals surface area contributed by atoms with Gasteiger partial charge in [-0.2, -0.15) is 0 Å². The Morgan fingerprint density at radius 1 is 1.31 bits per heavy atom. The van der Waals surface area contributed by atoms with E-state index in [1.807, 2.05) is 13.8 Å². The Bertz CT molecular complexity index is 419. The zero-order chi connectivity index (χ0) is 12.1. The lowest BCUT2D eigenvalue weighted by Crippen LogP contribution is -2.14. The van der Waals surface area contributed by atoms with Crippen LogP contribution in [0.2, 0.25) is 0 Å². The molecule has 0 aliphatic carbocycles. The first-order valence-electron chi connectivity index (χ1n) is 5.41. The summed E-state index contributed by atoms with van der Waals surface area (Å²) in [7, 11) is 0. The number of rotatable bonds is 6. The van der Waals surface area contributed by atoms with Crippen LogP contribution in [0.3, 0.4) is 0 Å². The summed E-state index contributed by atoms with van der Waals surface area (Å²) in [5.41, 5.74) is 1.04. The van der Waals surface area contributed by atoms with Crippen molar-refractivity contribution in [2.75, 3.05) is 0 Å². The maximum absolute atomic E-state index is 11.5. The number of carboxylic acid groups (broad SMARTS) is 1.